The van der Waals surface area contributed by atoms with Gasteiger partial charge in [0.2, 0.25) is 0 Å². The van der Waals surface area contributed by atoms with Crippen molar-refractivity contribution in [2.24, 2.45) is 0 Å². The first-order chi connectivity index (χ1) is 14.3. The van der Waals surface area contributed by atoms with Crippen molar-refractivity contribution in [1.82, 2.24) is 4.90 Å². The molecule has 3 rings (SSSR count). The Hall–Kier alpha value is -3.00. The largest absolute Gasteiger partial charge is 0.452 e. The smallest absolute Gasteiger partial charge is 0.341 e. The van der Waals surface area contributed by atoms with Crippen LogP contribution in [-0.2, 0) is 9.53 Å². The van der Waals surface area contributed by atoms with Gasteiger partial charge in [0.25, 0.3) is 5.91 Å². The quantitative estimate of drug-likeness (QED) is 0.531. The molecule has 9 heteroatoms. The van der Waals surface area contributed by atoms with Crippen LogP contribution in [0, 0.1) is 11.6 Å². The molecule has 0 unspecified atom stereocenters. The lowest BCUT2D eigenvalue weighted by Crippen LogP contribution is -2.50. The summed E-state index contributed by atoms with van der Waals surface area (Å²) in [5.41, 5.74) is 0.308. The van der Waals surface area contributed by atoms with Gasteiger partial charge in [0, 0.05) is 36.8 Å². The number of ether oxygens (including phenoxy) is 1. The Morgan fingerprint density at radius 1 is 1.00 bits per heavy atom. The van der Waals surface area contributed by atoms with E-state index in [1.165, 1.54) is 24.0 Å². The molecule has 1 fully saturated rings. The number of halogens is 3. The molecule has 2 aromatic carbocycles. The van der Waals surface area contributed by atoms with Gasteiger partial charge in [-0.25, -0.2) is 13.6 Å². The lowest BCUT2D eigenvalue weighted by atomic mass is 10.1. The van der Waals surface area contributed by atoms with Crippen LogP contribution in [0.4, 0.5) is 14.5 Å². The molecule has 1 heterocycles. The number of hydrogen-bond acceptors (Lipinski definition) is 5. The summed E-state index contributed by atoms with van der Waals surface area (Å²) in [6.45, 7) is 2.18. The van der Waals surface area contributed by atoms with Crippen LogP contribution in [0.1, 0.15) is 27.6 Å². The molecule has 30 heavy (non-hydrogen) atoms. The van der Waals surface area contributed by atoms with Crippen molar-refractivity contribution in [2.75, 3.05) is 37.7 Å². The van der Waals surface area contributed by atoms with Gasteiger partial charge in [-0.1, -0.05) is 11.6 Å². The third-order valence-electron chi connectivity index (χ3n) is 4.80. The summed E-state index contributed by atoms with van der Waals surface area (Å²) in [7, 11) is 0. The highest BCUT2D eigenvalue weighted by molar-refractivity contribution is 6.30. The number of esters is 1. The third kappa shape index (κ3) is 4.94. The molecule has 0 spiro atoms. The van der Waals surface area contributed by atoms with Crippen LogP contribution in [0.5, 0.6) is 0 Å². The standard InChI is InChI=1S/C21H19ClF2N2O4/c1-13(27)14-2-5-19(18(24)10-14)25-6-8-26(9-7-25)20(28)12-30-21(29)16-11-15(22)3-4-17(16)23/h2-5,10-11H,6-9,12H2,1H3. The number of benzene rings is 2. The lowest BCUT2D eigenvalue weighted by molar-refractivity contribution is -0.134. The number of rotatable bonds is 5. The fourth-order valence-electron chi connectivity index (χ4n) is 3.13. The minimum absolute atomic E-state index is 0.175. The Morgan fingerprint density at radius 2 is 1.70 bits per heavy atom. The Morgan fingerprint density at radius 3 is 2.33 bits per heavy atom. The SMILES string of the molecule is CC(=O)c1ccc(N2CCN(C(=O)COC(=O)c3cc(Cl)ccc3F)CC2)c(F)c1. The summed E-state index contributed by atoms with van der Waals surface area (Å²) in [6, 6.07) is 7.78. The molecule has 1 saturated heterocycles. The molecule has 1 aliphatic heterocycles. The van der Waals surface area contributed by atoms with E-state index in [-0.39, 0.29) is 16.4 Å². The van der Waals surface area contributed by atoms with Crippen LogP contribution < -0.4 is 4.90 Å². The van der Waals surface area contributed by atoms with Gasteiger partial charge in [0.15, 0.2) is 12.4 Å². The molecule has 0 atom stereocenters. The van der Waals surface area contributed by atoms with E-state index < -0.39 is 30.1 Å². The highest BCUT2D eigenvalue weighted by Crippen LogP contribution is 2.22. The van der Waals surface area contributed by atoms with E-state index in [1.54, 1.807) is 17.0 Å². The van der Waals surface area contributed by atoms with Gasteiger partial charge in [-0.3, -0.25) is 9.59 Å². The number of anilines is 1. The Labute approximate surface area is 177 Å². The molecule has 6 nitrogen and oxygen atoms in total. The van der Waals surface area contributed by atoms with Crippen molar-refractivity contribution < 1.29 is 27.9 Å². The van der Waals surface area contributed by atoms with Crippen LogP contribution in [0.25, 0.3) is 0 Å². The molecule has 0 aromatic heterocycles. The zero-order valence-electron chi connectivity index (χ0n) is 16.2. The number of ketones is 1. The fraction of sp³-hybridized carbons (Fsp3) is 0.286. The van der Waals surface area contributed by atoms with Gasteiger partial charge in [-0.15, -0.1) is 0 Å². The number of carbonyl (C=O) groups excluding carboxylic acids is 3. The monoisotopic (exact) mass is 436 g/mol. The topological polar surface area (TPSA) is 66.9 Å². The average molecular weight is 437 g/mol. The number of carbonyl (C=O) groups is 3. The maximum Gasteiger partial charge on any atom is 0.341 e. The summed E-state index contributed by atoms with van der Waals surface area (Å²) < 4.78 is 32.9. The van der Waals surface area contributed by atoms with Crippen molar-refractivity contribution >= 4 is 34.9 Å². The molecule has 2 aromatic rings. The van der Waals surface area contributed by atoms with E-state index >= 15 is 0 Å². The predicted octanol–water partition coefficient (Wildman–Crippen LogP) is 3.33. The van der Waals surface area contributed by atoms with Crippen molar-refractivity contribution in [3.8, 4) is 0 Å². The van der Waals surface area contributed by atoms with Gasteiger partial charge in [0.05, 0.1) is 11.3 Å². The molecule has 0 aliphatic carbocycles. The third-order valence-corrected chi connectivity index (χ3v) is 5.04. The van der Waals surface area contributed by atoms with Gasteiger partial charge in [-0.2, -0.15) is 0 Å². The van der Waals surface area contributed by atoms with E-state index in [2.05, 4.69) is 0 Å². The lowest BCUT2D eigenvalue weighted by Gasteiger charge is -2.36. The van der Waals surface area contributed by atoms with Gasteiger partial charge >= 0.3 is 5.97 Å². The number of nitrogens with zero attached hydrogens (tertiary/aromatic N) is 2. The first-order valence-electron chi connectivity index (χ1n) is 9.21. The van der Waals surface area contributed by atoms with Gasteiger partial charge in [-0.05, 0) is 43.3 Å². The molecule has 158 valence electrons. The van der Waals surface area contributed by atoms with E-state index in [1.807, 2.05) is 0 Å². The van der Waals surface area contributed by atoms with Crippen molar-refractivity contribution in [3.05, 3.63) is 64.2 Å². The minimum Gasteiger partial charge on any atom is -0.452 e. The molecule has 0 saturated carbocycles. The van der Waals surface area contributed by atoms with Gasteiger partial charge < -0.3 is 14.5 Å². The Kier molecular flexibility index (Phi) is 6.66. The minimum atomic E-state index is -0.977. The predicted molar refractivity (Wildman–Crippen MR) is 107 cm³/mol. The maximum atomic E-state index is 14.3. The second kappa shape index (κ2) is 9.21. The Bertz CT molecular complexity index is 991. The molecule has 1 aliphatic rings. The molecular formula is C21H19ClF2N2O4. The van der Waals surface area contributed by atoms with Crippen LogP contribution in [0.15, 0.2) is 36.4 Å². The van der Waals surface area contributed by atoms with Crippen LogP contribution in [-0.4, -0.2) is 55.3 Å². The second-order valence-corrected chi connectivity index (χ2v) is 7.23. The molecule has 0 bridgehead atoms. The van der Waals surface area contributed by atoms with Crippen LogP contribution in [0.2, 0.25) is 5.02 Å². The number of Topliss-reactive ketones (excluding diaryl/α,β-unsaturated/α-hetero) is 1. The first-order valence-corrected chi connectivity index (χ1v) is 9.59. The summed E-state index contributed by atoms with van der Waals surface area (Å²) >= 11 is 5.75. The van der Waals surface area contributed by atoms with Crippen LogP contribution >= 0.6 is 11.6 Å². The highest BCUT2D eigenvalue weighted by atomic mass is 35.5. The summed E-state index contributed by atoms with van der Waals surface area (Å²) in [4.78, 5) is 38.9. The number of amides is 1. The van der Waals surface area contributed by atoms with E-state index in [9.17, 15) is 23.2 Å². The van der Waals surface area contributed by atoms with Crippen molar-refractivity contribution in [1.29, 1.82) is 0 Å². The summed E-state index contributed by atoms with van der Waals surface area (Å²) in [6.07, 6.45) is 0. The normalized spacial score (nSPS) is 13.9. The summed E-state index contributed by atoms with van der Waals surface area (Å²) in [5.74, 6) is -2.92. The van der Waals surface area contributed by atoms with Crippen molar-refractivity contribution in [2.45, 2.75) is 6.92 Å². The van der Waals surface area contributed by atoms with Gasteiger partial charge in [0.1, 0.15) is 11.6 Å². The van der Waals surface area contributed by atoms with Crippen molar-refractivity contribution in [3.63, 3.8) is 0 Å². The molecule has 0 radical (unpaired) electrons. The molecular weight excluding hydrogens is 418 g/mol. The highest BCUT2D eigenvalue weighted by Gasteiger charge is 2.24. The number of hydrogen-bond donors (Lipinski definition) is 0. The molecule has 1 amide bonds. The van der Waals surface area contributed by atoms with E-state index in [4.69, 9.17) is 16.3 Å². The average Bonchev–Trinajstić information content (AvgIpc) is 2.73. The molecule has 0 N–H and O–H groups in total. The number of piperazine rings is 1. The Balaban J connectivity index is 1.53. The zero-order chi connectivity index (χ0) is 21.8. The first kappa shape index (κ1) is 21.7. The second-order valence-electron chi connectivity index (χ2n) is 6.79. The van der Waals surface area contributed by atoms with E-state index in [0.717, 1.165) is 12.1 Å². The van der Waals surface area contributed by atoms with E-state index in [0.29, 0.717) is 37.4 Å². The fourth-order valence-corrected chi connectivity index (χ4v) is 3.30. The summed E-state index contributed by atoms with van der Waals surface area (Å²) in [5, 5.41) is 0.175. The maximum absolute atomic E-state index is 14.3. The van der Waals surface area contributed by atoms with Crippen LogP contribution in [0.3, 0.4) is 0 Å². The zero-order valence-corrected chi connectivity index (χ0v) is 16.9.